The molecule has 0 bridgehead atoms. The van der Waals surface area contributed by atoms with E-state index in [1.807, 2.05) is 0 Å². The van der Waals surface area contributed by atoms with Gasteiger partial charge in [-0.1, -0.05) is 79.9 Å². The monoisotopic (exact) mass is 380 g/mol. The summed E-state index contributed by atoms with van der Waals surface area (Å²) in [6.45, 7) is 7.49. The Hall–Kier alpha value is -1.42. The Morgan fingerprint density at radius 1 is 0.852 bits per heavy atom. The van der Waals surface area contributed by atoms with Crippen LogP contribution < -0.4 is 0 Å². The second-order valence-electron chi connectivity index (χ2n) is 9.22. The van der Waals surface area contributed by atoms with Crippen molar-refractivity contribution < 1.29 is 9.16 Å². The maximum atomic E-state index is 6.94. The van der Waals surface area contributed by atoms with Gasteiger partial charge in [0, 0.05) is 11.3 Å². The Morgan fingerprint density at radius 3 is 2.04 bits per heavy atom. The zero-order chi connectivity index (χ0) is 19.0. The van der Waals surface area contributed by atoms with Crippen molar-refractivity contribution >= 4 is 8.32 Å². The van der Waals surface area contributed by atoms with E-state index in [1.165, 1.54) is 43.2 Å². The highest BCUT2D eigenvalue weighted by atomic mass is 28.4. The van der Waals surface area contributed by atoms with E-state index in [0.29, 0.717) is 12.5 Å². The first-order valence-corrected chi connectivity index (χ1v) is 13.8. The first-order chi connectivity index (χ1) is 13.0. The molecule has 2 atom stereocenters. The lowest BCUT2D eigenvalue weighted by Crippen LogP contribution is -2.40. The van der Waals surface area contributed by atoms with Crippen LogP contribution >= 0.6 is 0 Å². The maximum absolute atomic E-state index is 6.94. The van der Waals surface area contributed by atoms with Gasteiger partial charge in [0.1, 0.15) is 0 Å². The van der Waals surface area contributed by atoms with Gasteiger partial charge in [0.2, 0.25) is 0 Å². The molecule has 0 aliphatic heterocycles. The fourth-order valence-electron chi connectivity index (χ4n) is 5.17. The van der Waals surface area contributed by atoms with Gasteiger partial charge in [-0.25, -0.2) is 0 Å². The van der Waals surface area contributed by atoms with Gasteiger partial charge in [-0.05, 0) is 43.6 Å². The molecule has 0 saturated heterocycles. The predicted molar refractivity (Wildman–Crippen MR) is 113 cm³/mol. The van der Waals surface area contributed by atoms with Gasteiger partial charge in [0.25, 0.3) is 0 Å². The number of hydrogen-bond acceptors (Lipinski definition) is 2. The summed E-state index contributed by atoms with van der Waals surface area (Å²) in [6.07, 6.45) is 6.34. The number of rotatable bonds is 6. The Morgan fingerprint density at radius 2 is 1.44 bits per heavy atom. The minimum atomic E-state index is -1.78. The third-order valence-electron chi connectivity index (χ3n) is 6.18. The number of hydrogen-bond donors (Lipinski definition) is 0. The van der Waals surface area contributed by atoms with Gasteiger partial charge in [-0.2, -0.15) is 0 Å². The molecule has 4 rings (SSSR count). The Balaban J connectivity index is 1.70. The molecule has 0 aromatic heterocycles. The van der Waals surface area contributed by atoms with E-state index in [1.54, 1.807) is 0 Å². The topological polar surface area (TPSA) is 18.5 Å². The van der Waals surface area contributed by atoms with Crippen LogP contribution in [0.2, 0.25) is 19.6 Å². The average molecular weight is 381 g/mol. The second kappa shape index (κ2) is 7.19. The summed E-state index contributed by atoms with van der Waals surface area (Å²) >= 11 is 0. The van der Waals surface area contributed by atoms with Crippen LogP contribution in [-0.4, -0.2) is 14.1 Å². The van der Waals surface area contributed by atoms with Crippen molar-refractivity contribution in [3.8, 4) is 0 Å². The molecule has 144 valence electrons. The molecule has 2 aromatic carbocycles. The largest absolute Gasteiger partial charge is 0.390 e. The molecular formula is C24H32O2Si. The molecule has 2 aliphatic rings. The smallest absolute Gasteiger partial charge is 0.187 e. The van der Waals surface area contributed by atoms with Gasteiger partial charge in [-0.3, -0.25) is 0 Å². The van der Waals surface area contributed by atoms with Gasteiger partial charge >= 0.3 is 0 Å². The third kappa shape index (κ3) is 3.53. The quantitative estimate of drug-likeness (QED) is 0.421. The molecular weight excluding hydrogens is 348 g/mol. The van der Waals surface area contributed by atoms with Crippen LogP contribution in [0.15, 0.2) is 60.7 Å². The number of ether oxygens (including phenoxy) is 1. The highest BCUT2D eigenvalue weighted by molar-refractivity contribution is 6.69. The van der Waals surface area contributed by atoms with Gasteiger partial charge in [0.15, 0.2) is 14.1 Å². The van der Waals surface area contributed by atoms with Crippen molar-refractivity contribution in [1.82, 2.24) is 0 Å². The lowest BCUT2D eigenvalue weighted by Gasteiger charge is -2.33. The second-order valence-corrected chi connectivity index (χ2v) is 13.6. The summed E-state index contributed by atoms with van der Waals surface area (Å²) in [6, 6.07) is 21.5. The molecule has 0 N–H and O–H groups in total. The summed E-state index contributed by atoms with van der Waals surface area (Å²) in [4.78, 5) is 0. The van der Waals surface area contributed by atoms with Gasteiger partial charge in [-0.15, -0.1) is 0 Å². The van der Waals surface area contributed by atoms with E-state index in [-0.39, 0.29) is 5.41 Å². The van der Waals surface area contributed by atoms with Crippen LogP contribution in [0, 0.1) is 5.41 Å². The molecule has 2 saturated carbocycles. The van der Waals surface area contributed by atoms with Crippen LogP contribution in [0.1, 0.15) is 49.1 Å². The fraction of sp³-hybridized carbons (Fsp3) is 0.500. The van der Waals surface area contributed by atoms with Gasteiger partial charge in [0.05, 0.1) is 6.61 Å². The van der Waals surface area contributed by atoms with E-state index in [2.05, 4.69) is 80.3 Å². The molecule has 1 spiro atoms. The van der Waals surface area contributed by atoms with E-state index in [4.69, 9.17) is 9.16 Å². The Kier molecular flexibility index (Phi) is 5.04. The highest BCUT2D eigenvalue weighted by Gasteiger charge is 2.79. The zero-order valence-corrected chi connectivity index (χ0v) is 17.9. The molecule has 2 nitrogen and oxygen atoms in total. The molecule has 2 aliphatic carbocycles. The minimum absolute atomic E-state index is 0.141. The summed E-state index contributed by atoms with van der Waals surface area (Å²) in [5.74, 6) is -0.114. The van der Waals surface area contributed by atoms with Crippen LogP contribution in [0.4, 0.5) is 0 Å². The standard InChI is InChI=1S/C24H32O2Si/c1-27(2,3)26-24(25-19-20-13-7-4-8-14-20)22(21-15-9-5-10-16-21)23(24)17-11-6-12-18-23/h4-5,7-10,13-16,22H,6,11-12,17-19H2,1-3H3. The Labute approximate surface area is 165 Å². The Bertz CT molecular complexity index is 747. The van der Waals surface area contributed by atoms with Crippen LogP contribution in [0.3, 0.4) is 0 Å². The average Bonchev–Trinajstić information content (AvgIpc) is 3.19. The van der Waals surface area contributed by atoms with Crippen molar-refractivity contribution in [3.05, 3.63) is 71.8 Å². The lowest BCUT2D eigenvalue weighted by molar-refractivity contribution is -0.155. The van der Waals surface area contributed by atoms with Crippen LogP contribution in [0.5, 0.6) is 0 Å². The molecule has 2 aromatic rings. The van der Waals surface area contributed by atoms with Crippen molar-refractivity contribution in [2.24, 2.45) is 5.41 Å². The maximum Gasteiger partial charge on any atom is 0.187 e. The molecule has 2 fully saturated rings. The van der Waals surface area contributed by atoms with Crippen molar-refractivity contribution in [2.75, 3.05) is 0 Å². The normalized spacial score (nSPS) is 26.9. The SMILES string of the molecule is C[Si](C)(C)OC1(OCc2ccccc2)C(c2ccccc2)C12CCCCC2. The fourth-order valence-corrected chi connectivity index (χ4v) is 6.46. The molecule has 0 radical (unpaired) electrons. The summed E-state index contributed by atoms with van der Waals surface area (Å²) < 4.78 is 13.7. The third-order valence-corrected chi connectivity index (χ3v) is 7.09. The van der Waals surface area contributed by atoms with Crippen molar-refractivity contribution in [1.29, 1.82) is 0 Å². The summed E-state index contributed by atoms with van der Waals surface area (Å²) in [7, 11) is -1.78. The zero-order valence-electron chi connectivity index (χ0n) is 16.9. The summed E-state index contributed by atoms with van der Waals surface area (Å²) in [5, 5.41) is 0. The highest BCUT2D eigenvalue weighted by Crippen LogP contribution is 2.76. The van der Waals surface area contributed by atoms with E-state index >= 15 is 0 Å². The first-order valence-electron chi connectivity index (χ1n) is 10.4. The first kappa shape index (κ1) is 18.9. The molecule has 0 heterocycles. The predicted octanol–water partition coefficient (Wildman–Crippen LogP) is 6.50. The number of benzene rings is 2. The summed E-state index contributed by atoms with van der Waals surface area (Å²) in [5.41, 5.74) is 2.74. The van der Waals surface area contributed by atoms with Gasteiger partial charge < -0.3 is 9.16 Å². The van der Waals surface area contributed by atoms with E-state index in [9.17, 15) is 0 Å². The van der Waals surface area contributed by atoms with Crippen LogP contribution in [-0.2, 0) is 15.8 Å². The minimum Gasteiger partial charge on any atom is -0.390 e. The molecule has 2 unspecified atom stereocenters. The molecule has 27 heavy (non-hydrogen) atoms. The van der Waals surface area contributed by atoms with Crippen LogP contribution in [0.25, 0.3) is 0 Å². The lowest BCUT2D eigenvalue weighted by atomic mass is 9.82. The van der Waals surface area contributed by atoms with Crippen molar-refractivity contribution in [2.45, 2.75) is 70.1 Å². The van der Waals surface area contributed by atoms with E-state index < -0.39 is 14.1 Å². The molecule has 3 heteroatoms. The molecule has 0 amide bonds. The van der Waals surface area contributed by atoms with E-state index in [0.717, 1.165) is 0 Å². The van der Waals surface area contributed by atoms with Crippen molar-refractivity contribution in [3.63, 3.8) is 0 Å².